The number of likely N-dealkylation sites (N-methyl/N-ethyl adjacent to an activating group) is 1. The van der Waals surface area contributed by atoms with E-state index in [9.17, 15) is 0 Å². The van der Waals surface area contributed by atoms with Crippen LogP contribution in [0.25, 0.3) is 0 Å². The van der Waals surface area contributed by atoms with Gasteiger partial charge in [-0.25, -0.2) is 4.98 Å². The third kappa shape index (κ3) is 3.82. The lowest BCUT2D eigenvalue weighted by atomic mass is 10.5. The maximum Gasteiger partial charge on any atom is 0.232 e. The van der Waals surface area contributed by atoms with Crippen molar-refractivity contribution in [2.75, 3.05) is 27.2 Å². The minimum atomic E-state index is 0.483. The van der Waals surface area contributed by atoms with E-state index in [2.05, 4.69) is 20.9 Å². The molecule has 0 bridgehead atoms. The Kier molecular flexibility index (Phi) is 4.65. The van der Waals surface area contributed by atoms with Gasteiger partial charge < -0.3 is 9.64 Å². The second-order valence-electron chi connectivity index (χ2n) is 3.09. The smallest absolute Gasteiger partial charge is 0.232 e. The van der Waals surface area contributed by atoms with Gasteiger partial charge in [0.25, 0.3) is 0 Å². The van der Waals surface area contributed by atoms with E-state index in [4.69, 9.17) is 16.3 Å². The number of pyridine rings is 1. The number of rotatable bonds is 4. The molecule has 5 heteroatoms. The molecule has 0 aromatic carbocycles. The van der Waals surface area contributed by atoms with Crippen LogP contribution < -0.4 is 4.74 Å². The molecule has 3 nitrogen and oxygen atoms in total. The average Bonchev–Trinajstić information content (AvgIpc) is 2.08. The van der Waals surface area contributed by atoms with E-state index in [0.29, 0.717) is 17.5 Å². The Hall–Kier alpha value is -0.320. The minimum Gasteiger partial charge on any atom is -0.475 e. The van der Waals surface area contributed by atoms with Crippen LogP contribution in [0.2, 0.25) is 5.02 Å². The summed E-state index contributed by atoms with van der Waals surface area (Å²) < 4.78 is 6.25. The number of aromatic nitrogens is 1. The van der Waals surface area contributed by atoms with Crippen LogP contribution in [0.15, 0.2) is 16.7 Å². The van der Waals surface area contributed by atoms with Crippen LogP contribution >= 0.6 is 27.5 Å². The number of halogens is 2. The molecule has 0 radical (unpaired) electrons. The first-order valence-electron chi connectivity index (χ1n) is 4.18. The molecule has 14 heavy (non-hydrogen) atoms. The molecule has 0 saturated heterocycles. The van der Waals surface area contributed by atoms with Gasteiger partial charge in [-0.3, -0.25) is 0 Å². The zero-order chi connectivity index (χ0) is 10.6. The lowest BCUT2D eigenvalue weighted by molar-refractivity contribution is 0.254. The highest BCUT2D eigenvalue weighted by Crippen LogP contribution is 2.24. The first-order chi connectivity index (χ1) is 6.59. The van der Waals surface area contributed by atoms with E-state index in [1.807, 2.05) is 19.0 Å². The summed E-state index contributed by atoms with van der Waals surface area (Å²) in [6.45, 7) is 1.43. The van der Waals surface area contributed by atoms with Crippen LogP contribution in [0.4, 0.5) is 0 Å². The van der Waals surface area contributed by atoms with Gasteiger partial charge in [-0.2, -0.15) is 0 Å². The minimum absolute atomic E-state index is 0.483. The maximum atomic E-state index is 5.91. The summed E-state index contributed by atoms with van der Waals surface area (Å²) >= 11 is 9.19. The molecule has 0 aliphatic carbocycles. The predicted molar refractivity (Wildman–Crippen MR) is 61.0 cm³/mol. The Bertz CT molecular complexity index is 307. The molecule has 78 valence electrons. The van der Waals surface area contributed by atoms with Gasteiger partial charge in [0.05, 0.1) is 0 Å². The van der Waals surface area contributed by atoms with Crippen molar-refractivity contribution < 1.29 is 4.74 Å². The average molecular weight is 280 g/mol. The largest absolute Gasteiger partial charge is 0.475 e. The SMILES string of the molecule is CN(C)CCOc1ncc(Br)cc1Cl. The third-order valence-electron chi connectivity index (χ3n) is 1.55. The van der Waals surface area contributed by atoms with Gasteiger partial charge in [0.2, 0.25) is 5.88 Å². The van der Waals surface area contributed by atoms with Gasteiger partial charge in [-0.1, -0.05) is 11.6 Å². The Morgan fingerprint density at radius 3 is 2.86 bits per heavy atom. The topological polar surface area (TPSA) is 25.4 Å². The number of ether oxygens (including phenoxy) is 1. The molecule has 0 unspecified atom stereocenters. The zero-order valence-electron chi connectivity index (χ0n) is 8.13. The van der Waals surface area contributed by atoms with Gasteiger partial charge in [0, 0.05) is 17.2 Å². The third-order valence-corrected chi connectivity index (χ3v) is 2.26. The fourth-order valence-corrected chi connectivity index (χ4v) is 1.52. The summed E-state index contributed by atoms with van der Waals surface area (Å²) in [7, 11) is 3.97. The van der Waals surface area contributed by atoms with Crippen LogP contribution in [-0.2, 0) is 0 Å². The van der Waals surface area contributed by atoms with E-state index < -0.39 is 0 Å². The molecule has 0 saturated carbocycles. The molecule has 0 aliphatic heterocycles. The van der Waals surface area contributed by atoms with Crippen LogP contribution in [0.1, 0.15) is 0 Å². The zero-order valence-corrected chi connectivity index (χ0v) is 10.5. The molecule has 1 aromatic heterocycles. The first-order valence-corrected chi connectivity index (χ1v) is 5.35. The van der Waals surface area contributed by atoms with Crippen molar-refractivity contribution in [1.82, 2.24) is 9.88 Å². The molecule has 0 atom stereocenters. The van der Waals surface area contributed by atoms with Gasteiger partial charge in [0.15, 0.2) is 0 Å². The monoisotopic (exact) mass is 278 g/mol. The molecule has 0 amide bonds. The molecular weight excluding hydrogens is 267 g/mol. The van der Waals surface area contributed by atoms with E-state index in [0.717, 1.165) is 11.0 Å². The number of nitrogens with zero attached hydrogens (tertiary/aromatic N) is 2. The van der Waals surface area contributed by atoms with Crippen LogP contribution in [0, 0.1) is 0 Å². The van der Waals surface area contributed by atoms with E-state index in [1.165, 1.54) is 0 Å². The molecule has 0 aliphatic rings. The molecule has 1 rings (SSSR count). The molecule has 1 aromatic rings. The quantitative estimate of drug-likeness (QED) is 0.846. The number of hydrogen-bond acceptors (Lipinski definition) is 3. The van der Waals surface area contributed by atoms with E-state index >= 15 is 0 Å². The fraction of sp³-hybridized carbons (Fsp3) is 0.444. The fourth-order valence-electron chi connectivity index (χ4n) is 0.833. The van der Waals surface area contributed by atoms with Crippen LogP contribution in [-0.4, -0.2) is 37.1 Å². The summed E-state index contributed by atoms with van der Waals surface area (Å²) in [5.41, 5.74) is 0. The second kappa shape index (κ2) is 5.53. The van der Waals surface area contributed by atoms with E-state index in [-0.39, 0.29) is 0 Å². The van der Waals surface area contributed by atoms with Crippen molar-refractivity contribution in [2.45, 2.75) is 0 Å². The normalized spacial score (nSPS) is 10.6. The van der Waals surface area contributed by atoms with Gasteiger partial charge in [-0.05, 0) is 36.1 Å². The standard InChI is InChI=1S/C9H12BrClN2O/c1-13(2)3-4-14-9-8(11)5-7(10)6-12-9/h5-6H,3-4H2,1-2H3. The van der Waals surface area contributed by atoms with Gasteiger partial charge >= 0.3 is 0 Å². The van der Waals surface area contributed by atoms with Crippen LogP contribution in [0.3, 0.4) is 0 Å². The molecule has 0 spiro atoms. The lowest BCUT2D eigenvalue weighted by Crippen LogP contribution is -2.19. The van der Waals surface area contributed by atoms with Crippen LogP contribution in [0.5, 0.6) is 5.88 Å². The van der Waals surface area contributed by atoms with Crippen molar-refractivity contribution in [3.8, 4) is 5.88 Å². The van der Waals surface area contributed by atoms with Gasteiger partial charge in [-0.15, -0.1) is 0 Å². The Labute approximate surface area is 97.2 Å². The van der Waals surface area contributed by atoms with Crippen molar-refractivity contribution in [3.05, 3.63) is 21.8 Å². The molecule has 0 N–H and O–H groups in total. The predicted octanol–water partition coefficient (Wildman–Crippen LogP) is 2.44. The first kappa shape index (κ1) is 11.8. The van der Waals surface area contributed by atoms with E-state index in [1.54, 1.807) is 12.3 Å². The Morgan fingerprint density at radius 2 is 2.29 bits per heavy atom. The maximum absolute atomic E-state index is 5.91. The highest BCUT2D eigenvalue weighted by Gasteiger charge is 2.03. The van der Waals surface area contributed by atoms with Gasteiger partial charge in [0.1, 0.15) is 11.6 Å². The highest BCUT2D eigenvalue weighted by molar-refractivity contribution is 9.10. The summed E-state index contributed by atoms with van der Waals surface area (Å²) in [6, 6.07) is 1.76. The Balaban J connectivity index is 2.51. The number of hydrogen-bond donors (Lipinski definition) is 0. The molecular formula is C9H12BrClN2O. The second-order valence-corrected chi connectivity index (χ2v) is 4.42. The Morgan fingerprint density at radius 1 is 1.57 bits per heavy atom. The van der Waals surface area contributed by atoms with Crippen molar-refractivity contribution in [3.63, 3.8) is 0 Å². The van der Waals surface area contributed by atoms with Crippen molar-refractivity contribution in [2.24, 2.45) is 0 Å². The van der Waals surface area contributed by atoms with Crippen molar-refractivity contribution in [1.29, 1.82) is 0 Å². The summed E-state index contributed by atoms with van der Waals surface area (Å²) in [5.74, 6) is 0.483. The lowest BCUT2D eigenvalue weighted by Gasteiger charge is -2.10. The summed E-state index contributed by atoms with van der Waals surface area (Å²) in [4.78, 5) is 6.09. The van der Waals surface area contributed by atoms with Crippen molar-refractivity contribution >= 4 is 27.5 Å². The summed E-state index contributed by atoms with van der Waals surface area (Å²) in [5, 5.41) is 0.526. The molecule has 0 fully saturated rings. The summed E-state index contributed by atoms with van der Waals surface area (Å²) in [6.07, 6.45) is 1.66. The molecule has 1 heterocycles. The highest BCUT2D eigenvalue weighted by atomic mass is 79.9.